The van der Waals surface area contributed by atoms with Gasteiger partial charge in [0, 0.05) is 18.6 Å². The molecule has 0 unspecified atom stereocenters. The van der Waals surface area contributed by atoms with Crippen molar-refractivity contribution >= 4 is 0 Å². The molecule has 0 spiro atoms. The van der Waals surface area contributed by atoms with Gasteiger partial charge in [-0.25, -0.2) is 4.39 Å². The van der Waals surface area contributed by atoms with E-state index in [-0.39, 0.29) is 17.6 Å². The summed E-state index contributed by atoms with van der Waals surface area (Å²) < 4.78 is 51.7. The van der Waals surface area contributed by atoms with E-state index >= 15 is 0 Å². The molecule has 1 aliphatic rings. The highest BCUT2D eigenvalue weighted by molar-refractivity contribution is 5.30. The van der Waals surface area contributed by atoms with Crippen molar-refractivity contribution in [3.05, 3.63) is 35.1 Å². The van der Waals surface area contributed by atoms with E-state index in [9.17, 15) is 17.6 Å². The van der Waals surface area contributed by atoms with Crippen molar-refractivity contribution in [3.63, 3.8) is 0 Å². The molecule has 0 amide bonds. The fourth-order valence-electron chi connectivity index (χ4n) is 2.76. The molecule has 1 N–H and O–H groups in total. The van der Waals surface area contributed by atoms with Gasteiger partial charge in [-0.2, -0.15) is 13.2 Å². The van der Waals surface area contributed by atoms with Crippen molar-refractivity contribution in [2.45, 2.75) is 37.5 Å². The lowest BCUT2D eigenvalue weighted by Gasteiger charge is -2.47. The van der Waals surface area contributed by atoms with Gasteiger partial charge in [-0.1, -0.05) is 6.07 Å². The van der Waals surface area contributed by atoms with Gasteiger partial charge in [0.2, 0.25) is 0 Å². The minimum absolute atomic E-state index is 0.0401. The molecule has 0 aliphatic heterocycles. The Hall–Kier alpha value is -1.14. The summed E-state index contributed by atoms with van der Waals surface area (Å²) in [7, 11) is 3.97. The highest BCUT2D eigenvalue weighted by Gasteiger charge is 2.39. The lowest BCUT2D eigenvalue weighted by atomic mass is 9.75. The van der Waals surface area contributed by atoms with Crippen LogP contribution in [0.15, 0.2) is 18.2 Å². The van der Waals surface area contributed by atoms with Crippen LogP contribution >= 0.6 is 0 Å². The first-order valence-electron chi connectivity index (χ1n) is 6.98. The Balaban J connectivity index is 2.04. The standard InChI is InChI=1S/C15H20F4N2/c1-21(2)14(6-3-7-14)10-20-9-11-4-5-12(16)8-13(11)15(17,18)19/h4-5,8,20H,3,6-7,9-10H2,1-2H3. The number of likely N-dealkylation sites (N-methyl/N-ethyl adjacent to an activating group) is 1. The van der Waals surface area contributed by atoms with Crippen LogP contribution in [-0.2, 0) is 12.7 Å². The van der Waals surface area contributed by atoms with E-state index < -0.39 is 17.6 Å². The minimum Gasteiger partial charge on any atom is -0.311 e. The van der Waals surface area contributed by atoms with Crippen LogP contribution < -0.4 is 5.32 Å². The van der Waals surface area contributed by atoms with Gasteiger partial charge in [-0.05, 0) is 51.1 Å². The minimum atomic E-state index is -4.53. The predicted molar refractivity (Wildman–Crippen MR) is 73.4 cm³/mol. The van der Waals surface area contributed by atoms with Crippen LogP contribution in [0, 0.1) is 5.82 Å². The number of halogens is 4. The molecule has 6 heteroatoms. The zero-order valence-corrected chi connectivity index (χ0v) is 12.2. The van der Waals surface area contributed by atoms with Crippen molar-refractivity contribution < 1.29 is 17.6 Å². The lowest BCUT2D eigenvalue weighted by molar-refractivity contribution is -0.138. The summed E-state index contributed by atoms with van der Waals surface area (Å²) in [4.78, 5) is 2.12. The first kappa shape index (κ1) is 16.2. The Morgan fingerprint density at radius 1 is 1.24 bits per heavy atom. The summed E-state index contributed by atoms with van der Waals surface area (Å²) in [5.41, 5.74) is -0.780. The monoisotopic (exact) mass is 304 g/mol. The third-order valence-corrected chi connectivity index (χ3v) is 4.38. The number of hydrogen-bond donors (Lipinski definition) is 1. The number of alkyl halides is 3. The molecule has 1 aromatic rings. The Bertz CT molecular complexity index is 493. The molecular weight excluding hydrogens is 284 g/mol. The number of hydrogen-bond acceptors (Lipinski definition) is 2. The maximum Gasteiger partial charge on any atom is 0.416 e. The van der Waals surface area contributed by atoms with Crippen LogP contribution in [0.3, 0.4) is 0 Å². The molecule has 1 aliphatic carbocycles. The number of nitrogens with one attached hydrogen (secondary N) is 1. The van der Waals surface area contributed by atoms with Gasteiger partial charge >= 0.3 is 6.18 Å². The molecule has 21 heavy (non-hydrogen) atoms. The van der Waals surface area contributed by atoms with E-state index in [0.29, 0.717) is 12.6 Å². The fraction of sp³-hybridized carbons (Fsp3) is 0.600. The average molecular weight is 304 g/mol. The van der Waals surface area contributed by atoms with Gasteiger partial charge in [-0.3, -0.25) is 0 Å². The SMILES string of the molecule is CN(C)C1(CNCc2ccc(F)cc2C(F)(F)F)CCC1. The second kappa shape index (κ2) is 5.93. The van der Waals surface area contributed by atoms with E-state index in [1.807, 2.05) is 14.1 Å². The first-order valence-corrected chi connectivity index (χ1v) is 6.98. The molecule has 1 fully saturated rings. The molecule has 0 saturated heterocycles. The molecule has 0 radical (unpaired) electrons. The average Bonchev–Trinajstić information content (AvgIpc) is 2.32. The largest absolute Gasteiger partial charge is 0.416 e. The molecule has 0 bridgehead atoms. The van der Waals surface area contributed by atoms with Gasteiger partial charge in [0.1, 0.15) is 5.82 Å². The van der Waals surface area contributed by atoms with Crippen molar-refractivity contribution in [3.8, 4) is 0 Å². The van der Waals surface area contributed by atoms with Gasteiger partial charge < -0.3 is 10.2 Å². The van der Waals surface area contributed by atoms with E-state index in [1.54, 1.807) is 0 Å². The third kappa shape index (κ3) is 3.55. The van der Waals surface area contributed by atoms with Crippen LogP contribution in [0.25, 0.3) is 0 Å². The Kier molecular flexibility index (Phi) is 4.58. The van der Waals surface area contributed by atoms with Crippen molar-refractivity contribution in [2.24, 2.45) is 0 Å². The molecule has 1 aromatic carbocycles. The Labute approximate surface area is 122 Å². The predicted octanol–water partition coefficient (Wildman–Crippen LogP) is 3.42. The fourth-order valence-corrected chi connectivity index (χ4v) is 2.76. The van der Waals surface area contributed by atoms with Gasteiger partial charge in [0.15, 0.2) is 0 Å². The van der Waals surface area contributed by atoms with Crippen LogP contribution in [-0.4, -0.2) is 31.1 Å². The van der Waals surface area contributed by atoms with Gasteiger partial charge in [0.25, 0.3) is 0 Å². The molecule has 2 rings (SSSR count). The quantitative estimate of drug-likeness (QED) is 0.839. The summed E-state index contributed by atoms with van der Waals surface area (Å²) >= 11 is 0. The molecule has 0 aromatic heterocycles. The van der Waals surface area contributed by atoms with Crippen molar-refractivity contribution in [1.29, 1.82) is 0 Å². The van der Waals surface area contributed by atoms with Gasteiger partial charge in [0.05, 0.1) is 5.56 Å². The normalized spacial score (nSPS) is 17.9. The Morgan fingerprint density at radius 3 is 2.38 bits per heavy atom. The van der Waals surface area contributed by atoms with E-state index in [2.05, 4.69) is 10.2 Å². The molecular formula is C15H20F4N2. The smallest absolute Gasteiger partial charge is 0.311 e. The molecule has 0 heterocycles. The summed E-state index contributed by atoms with van der Waals surface area (Å²) in [5.74, 6) is -0.866. The number of benzene rings is 1. The van der Waals surface area contributed by atoms with Crippen LogP contribution in [0.1, 0.15) is 30.4 Å². The zero-order valence-electron chi connectivity index (χ0n) is 12.2. The molecule has 1 saturated carbocycles. The summed E-state index contributed by atoms with van der Waals surface area (Å²) in [5, 5.41) is 3.09. The maximum atomic E-state index is 13.0. The summed E-state index contributed by atoms with van der Waals surface area (Å²) in [6.45, 7) is 0.722. The number of rotatable bonds is 5. The van der Waals surface area contributed by atoms with Crippen LogP contribution in [0.2, 0.25) is 0 Å². The van der Waals surface area contributed by atoms with E-state index in [4.69, 9.17) is 0 Å². The van der Waals surface area contributed by atoms with Gasteiger partial charge in [-0.15, -0.1) is 0 Å². The highest BCUT2D eigenvalue weighted by Crippen LogP contribution is 2.36. The van der Waals surface area contributed by atoms with Crippen molar-refractivity contribution in [2.75, 3.05) is 20.6 Å². The van der Waals surface area contributed by atoms with Crippen LogP contribution in [0.5, 0.6) is 0 Å². The molecule has 2 nitrogen and oxygen atoms in total. The first-order chi connectivity index (χ1) is 9.74. The lowest BCUT2D eigenvalue weighted by Crippen LogP contribution is -2.56. The topological polar surface area (TPSA) is 15.3 Å². The van der Waals surface area contributed by atoms with Crippen LogP contribution in [0.4, 0.5) is 17.6 Å². The molecule has 118 valence electrons. The summed E-state index contributed by atoms with van der Waals surface area (Å²) in [6, 6.07) is 2.83. The highest BCUT2D eigenvalue weighted by atomic mass is 19.4. The van der Waals surface area contributed by atoms with E-state index in [1.165, 1.54) is 6.07 Å². The zero-order chi connectivity index (χ0) is 15.7. The van der Waals surface area contributed by atoms with Crippen molar-refractivity contribution in [1.82, 2.24) is 10.2 Å². The second-order valence-corrected chi connectivity index (χ2v) is 5.88. The van der Waals surface area contributed by atoms with E-state index in [0.717, 1.165) is 25.3 Å². The number of nitrogens with zero attached hydrogens (tertiary/aromatic N) is 1. The molecule has 0 atom stereocenters. The Morgan fingerprint density at radius 2 is 1.90 bits per heavy atom. The third-order valence-electron chi connectivity index (χ3n) is 4.38. The second-order valence-electron chi connectivity index (χ2n) is 5.88. The summed E-state index contributed by atoms with van der Waals surface area (Å²) in [6.07, 6.45) is -1.30. The maximum absolute atomic E-state index is 13.0.